The second-order valence-corrected chi connectivity index (χ2v) is 5.73. The molecule has 0 aromatic heterocycles. The standard InChI is InChI=1S/C15H22N2.ClH/c1-13(14-5-3-2-4-6-14)17-10-8-15(12-17)7-9-16-11-15;/h2-6,13,16H,7-12H2,1H3;1H. The van der Waals surface area contributed by atoms with Crippen LogP contribution in [-0.2, 0) is 0 Å². The van der Waals surface area contributed by atoms with Crippen molar-refractivity contribution in [3.63, 3.8) is 0 Å². The number of nitrogens with one attached hydrogen (secondary N) is 1. The zero-order chi connectivity index (χ0) is 11.7. The van der Waals surface area contributed by atoms with E-state index in [1.807, 2.05) is 0 Å². The van der Waals surface area contributed by atoms with Crippen LogP contribution in [0.1, 0.15) is 31.4 Å². The van der Waals surface area contributed by atoms with Crippen molar-refractivity contribution in [3.05, 3.63) is 35.9 Å². The number of rotatable bonds is 2. The lowest BCUT2D eigenvalue weighted by Crippen LogP contribution is -2.30. The van der Waals surface area contributed by atoms with Gasteiger partial charge in [0.25, 0.3) is 0 Å². The zero-order valence-corrected chi connectivity index (χ0v) is 11.9. The molecule has 3 heteroatoms. The molecule has 3 rings (SSSR count). The Kier molecular flexibility index (Phi) is 4.31. The topological polar surface area (TPSA) is 15.3 Å². The van der Waals surface area contributed by atoms with Crippen LogP contribution in [0.2, 0.25) is 0 Å². The Labute approximate surface area is 116 Å². The van der Waals surface area contributed by atoms with E-state index in [2.05, 4.69) is 47.5 Å². The average molecular weight is 267 g/mol. The first kappa shape index (κ1) is 13.9. The lowest BCUT2D eigenvalue weighted by Gasteiger charge is -2.27. The second-order valence-electron chi connectivity index (χ2n) is 5.73. The highest BCUT2D eigenvalue weighted by atomic mass is 35.5. The van der Waals surface area contributed by atoms with E-state index in [0.717, 1.165) is 0 Å². The Hall–Kier alpha value is -0.570. The van der Waals surface area contributed by atoms with E-state index in [9.17, 15) is 0 Å². The van der Waals surface area contributed by atoms with Crippen molar-refractivity contribution in [3.8, 4) is 0 Å². The molecule has 2 aliphatic rings. The summed E-state index contributed by atoms with van der Waals surface area (Å²) in [6, 6.07) is 11.5. The largest absolute Gasteiger partial charge is 0.316 e. The maximum Gasteiger partial charge on any atom is 0.0320 e. The zero-order valence-electron chi connectivity index (χ0n) is 11.1. The Morgan fingerprint density at radius 3 is 2.67 bits per heavy atom. The van der Waals surface area contributed by atoms with Gasteiger partial charge in [-0.25, -0.2) is 0 Å². The molecule has 0 amide bonds. The summed E-state index contributed by atoms with van der Waals surface area (Å²) in [5.74, 6) is 0. The number of halogens is 1. The Morgan fingerprint density at radius 2 is 2.00 bits per heavy atom. The summed E-state index contributed by atoms with van der Waals surface area (Å²) >= 11 is 0. The van der Waals surface area contributed by atoms with Crippen molar-refractivity contribution in [2.75, 3.05) is 26.2 Å². The molecule has 2 fully saturated rings. The van der Waals surface area contributed by atoms with Crippen LogP contribution >= 0.6 is 12.4 Å². The van der Waals surface area contributed by atoms with Gasteiger partial charge in [-0.2, -0.15) is 0 Å². The fourth-order valence-electron chi connectivity index (χ4n) is 3.39. The van der Waals surface area contributed by atoms with Gasteiger partial charge in [0.2, 0.25) is 0 Å². The van der Waals surface area contributed by atoms with Crippen molar-refractivity contribution in [1.29, 1.82) is 0 Å². The van der Waals surface area contributed by atoms with Gasteiger partial charge in [-0.1, -0.05) is 30.3 Å². The van der Waals surface area contributed by atoms with Crippen molar-refractivity contribution in [2.24, 2.45) is 5.41 Å². The van der Waals surface area contributed by atoms with Crippen LogP contribution in [0.25, 0.3) is 0 Å². The molecular weight excluding hydrogens is 244 g/mol. The van der Waals surface area contributed by atoms with E-state index >= 15 is 0 Å². The summed E-state index contributed by atoms with van der Waals surface area (Å²) in [4.78, 5) is 2.66. The summed E-state index contributed by atoms with van der Waals surface area (Å²) in [7, 11) is 0. The summed E-state index contributed by atoms with van der Waals surface area (Å²) in [6.45, 7) is 7.32. The van der Waals surface area contributed by atoms with E-state index in [1.165, 1.54) is 44.6 Å². The van der Waals surface area contributed by atoms with Crippen molar-refractivity contribution in [1.82, 2.24) is 10.2 Å². The first-order chi connectivity index (χ1) is 8.29. The maximum atomic E-state index is 3.53. The van der Waals surface area contributed by atoms with E-state index in [1.54, 1.807) is 0 Å². The third-order valence-electron chi connectivity index (χ3n) is 4.63. The predicted octanol–water partition coefficient (Wildman–Crippen LogP) is 2.85. The molecule has 1 aromatic rings. The van der Waals surface area contributed by atoms with Crippen LogP contribution in [0.4, 0.5) is 0 Å². The molecule has 2 aliphatic heterocycles. The lowest BCUT2D eigenvalue weighted by atomic mass is 9.86. The fourth-order valence-corrected chi connectivity index (χ4v) is 3.39. The van der Waals surface area contributed by atoms with E-state index in [4.69, 9.17) is 0 Å². The van der Waals surface area contributed by atoms with Crippen LogP contribution in [0, 0.1) is 5.41 Å². The number of benzene rings is 1. The second kappa shape index (κ2) is 5.60. The van der Waals surface area contributed by atoms with Gasteiger partial charge in [0, 0.05) is 19.1 Å². The minimum absolute atomic E-state index is 0. The molecule has 2 atom stereocenters. The van der Waals surface area contributed by atoms with Crippen LogP contribution in [0.5, 0.6) is 0 Å². The van der Waals surface area contributed by atoms with E-state index in [-0.39, 0.29) is 12.4 Å². The number of nitrogens with zero attached hydrogens (tertiary/aromatic N) is 1. The normalized spacial score (nSPS) is 29.4. The molecule has 2 nitrogen and oxygen atoms in total. The molecular formula is C15H23ClN2. The molecule has 1 N–H and O–H groups in total. The molecule has 18 heavy (non-hydrogen) atoms. The van der Waals surface area contributed by atoms with Gasteiger partial charge in [-0.05, 0) is 43.8 Å². The fraction of sp³-hybridized carbons (Fsp3) is 0.600. The third-order valence-corrected chi connectivity index (χ3v) is 4.63. The highest BCUT2D eigenvalue weighted by Crippen LogP contribution is 2.39. The molecule has 2 unspecified atom stereocenters. The SMILES string of the molecule is CC(c1ccccc1)N1CCC2(CCNC2)C1.Cl. The minimum Gasteiger partial charge on any atom is -0.316 e. The lowest BCUT2D eigenvalue weighted by molar-refractivity contribution is 0.224. The molecule has 0 saturated carbocycles. The molecule has 0 bridgehead atoms. The molecule has 0 radical (unpaired) electrons. The monoisotopic (exact) mass is 266 g/mol. The number of hydrogen-bond donors (Lipinski definition) is 1. The summed E-state index contributed by atoms with van der Waals surface area (Å²) in [6.07, 6.45) is 2.74. The van der Waals surface area contributed by atoms with Gasteiger partial charge >= 0.3 is 0 Å². The van der Waals surface area contributed by atoms with Gasteiger partial charge in [0.15, 0.2) is 0 Å². The molecule has 100 valence electrons. The van der Waals surface area contributed by atoms with Crippen molar-refractivity contribution < 1.29 is 0 Å². The molecule has 2 heterocycles. The number of hydrogen-bond acceptors (Lipinski definition) is 2. The summed E-state index contributed by atoms with van der Waals surface area (Å²) in [5.41, 5.74) is 2.04. The van der Waals surface area contributed by atoms with E-state index < -0.39 is 0 Å². The van der Waals surface area contributed by atoms with Gasteiger partial charge in [-0.15, -0.1) is 12.4 Å². The van der Waals surface area contributed by atoms with Gasteiger partial charge in [0.1, 0.15) is 0 Å². The van der Waals surface area contributed by atoms with Crippen LogP contribution in [0.3, 0.4) is 0 Å². The first-order valence-corrected chi connectivity index (χ1v) is 6.79. The maximum absolute atomic E-state index is 3.53. The van der Waals surface area contributed by atoms with Crippen molar-refractivity contribution >= 4 is 12.4 Å². The molecule has 2 saturated heterocycles. The highest BCUT2D eigenvalue weighted by molar-refractivity contribution is 5.85. The van der Waals surface area contributed by atoms with Crippen LogP contribution in [0.15, 0.2) is 30.3 Å². The van der Waals surface area contributed by atoms with Gasteiger partial charge < -0.3 is 5.32 Å². The Morgan fingerprint density at radius 1 is 1.22 bits per heavy atom. The predicted molar refractivity (Wildman–Crippen MR) is 78.2 cm³/mol. The smallest absolute Gasteiger partial charge is 0.0320 e. The molecule has 1 spiro atoms. The summed E-state index contributed by atoms with van der Waals surface area (Å²) in [5, 5.41) is 3.53. The Bertz CT molecular complexity index is 373. The average Bonchev–Trinajstić information content (AvgIpc) is 3.01. The minimum atomic E-state index is 0. The Balaban J connectivity index is 0.00000120. The van der Waals surface area contributed by atoms with Crippen LogP contribution in [-0.4, -0.2) is 31.1 Å². The van der Waals surface area contributed by atoms with E-state index in [0.29, 0.717) is 11.5 Å². The quantitative estimate of drug-likeness (QED) is 0.886. The van der Waals surface area contributed by atoms with Gasteiger partial charge in [0.05, 0.1) is 0 Å². The van der Waals surface area contributed by atoms with Crippen molar-refractivity contribution in [2.45, 2.75) is 25.8 Å². The molecule has 1 aromatic carbocycles. The molecule has 0 aliphatic carbocycles. The highest BCUT2D eigenvalue weighted by Gasteiger charge is 2.41. The van der Waals surface area contributed by atoms with Crippen LogP contribution < -0.4 is 5.32 Å². The third kappa shape index (κ3) is 2.56. The van der Waals surface area contributed by atoms with Gasteiger partial charge in [-0.3, -0.25) is 4.90 Å². The first-order valence-electron chi connectivity index (χ1n) is 6.79. The summed E-state index contributed by atoms with van der Waals surface area (Å²) < 4.78 is 0. The number of likely N-dealkylation sites (tertiary alicyclic amines) is 1.